The lowest BCUT2D eigenvalue weighted by molar-refractivity contribution is -0.146. The number of primary amides is 1. The smallest absolute Gasteiger partial charge is 0.404 e. The molecule has 2 atom stereocenters. The van der Waals surface area contributed by atoms with Gasteiger partial charge in [0.1, 0.15) is 31.0 Å². The molecular weight excluding hydrogens is 434 g/mol. The molecule has 1 aliphatic rings. The number of aromatic nitrogens is 1. The van der Waals surface area contributed by atoms with E-state index in [1.165, 1.54) is 5.38 Å². The highest BCUT2D eigenvalue weighted by atomic mass is 32.2. The molecule has 1 saturated heterocycles. The number of β-lactam (4-membered cyclic amide) rings is 1. The minimum Gasteiger partial charge on any atom is -0.447 e. The van der Waals surface area contributed by atoms with Crippen LogP contribution in [0.5, 0.6) is 0 Å². The van der Waals surface area contributed by atoms with Crippen molar-refractivity contribution in [3.8, 4) is 0 Å². The van der Waals surface area contributed by atoms with Crippen LogP contribution in [0.2, 0.25) is 0 Å². The second-order valence-electron chi connectivity index (χ2n) is 5.39. The fourth-order valence-electron chi connectivity index (χ4n) is 2.27. The molecule has 0 aromatic carbocycles. The maximum atomic E-state index is 12.6. The summed E-state index contributed by atoms with van der Waals surface area (Å²) >= 11 is 1.01. The highest BCUT2D eigenvalue weighted by Gasteiger charge is 2.54. The van der Waals surface area contributed by atoms with Gasteiger partial charge in [-0.3, -0.25) is 14.1 Å². The number of ether oxygens (including phenoxy) is 1. The van der Waals surface area contributed by atoms with Crippen molar-refractivity contribution in [1.29, 1.82) is 0 Å². The zero-order valence-corrected chi connectivity index (χ0v) is 16.2. The Morgan fingerprint density at radius 2 is 2.14 bits per heavy atom. The van der Waals surface area contributed by atoms with E-state index < -0.39 is 46.9 Å². The van der Waals surface area contributed by atoms with Gasteiger partial charge in [0.2, 0.25) is 0 Å². The van der Waals surface area contributed by atoms with Crippen LogP contribution >= 0.6 is 11.3 Å². The molecule has 160 valence electrons. The van der Waals surface area contributed by atoms with Gasteiger partial charge in [-0.1, -0.05) is 5.16 Å². The van der Waals surface area contributed by atoms with Crippen molar-refractivity contribution in [2.45, 2.75) is 12.1 Å². The van der Waals surface area contributed by atoms with Gasteiger partial charge in [-0.05, 0) is 0 Å². The van der Waals surface area contributed by atoms with E-state index in [-0.39, 0.29) is 34.0 Å². The van der Waals surface area contributed by atoms with E-state index in [2.05, 4.69) is 20.2 Å². The average molecular weight is 451 g/mol. The lowest BCUT2D eigenvalue weighted by Crippen LogP contribution is -2.73. The molecule has 0 spiro atoms. The standard InChI is InChI=1S/C12H17N7O8S2/c13-1-2-27-18-7(5-4-28-11(14)16-5)9(20)17-8-6(3-26-12(15)22)19(10(8)21)29(23,24)25/h4,6,8H,1-3,13H2,(H2,14,16)(H2,15,22)(H,17,20)(H,23,24,25)/b18-7-/t6-,8+/m1/s1. The molecule has 2 heterocycles. The van der Waals surface area contributed by atoms with Gasteiger partial charge in [0.15, 0.2) is 10.8 Å². The zero-order chi connectivity index (χ0) is 21.8. The Bertz CT molecular complexity index is 930. The molecular formula is C12H17N7O8S2. The van der Waals surface area contributed by atoms with Crippen LogP contribution in [0.3, 0.4) is 0 Å². The summed E-state index contributed by atoms with van der Waals surface area (Å²) in [5, 5.41) is 7.37. The minimum absolute atomic E-state index is 0.0234. The van der Waals surface area contributed by atoms with E-state index in [0.717, 1.165) is 11.3 Å². The summed E-state index contributed by atoms with van der Waals surface area (Å²) in [6.45, 7) is -0.620. The molecule has 0 aliphatic carbocycles. The predicted octanol–water partition coefficient (Wildman–Crippen LogP) is -3.00. The molecule has 1 fully saturated rings. The summed E-state index contributed by atoms with van der Waals surface area (Å²) in [4.78, 5) is 44.2. The summed E-state index contributed by atoms with van der Waals surface area (Å²) in [6.07, 6.45) is -1.25. The van der Waals surface area contributed by atoms with Crippen molar-refractivity contribution in [3.05, 3.63) is 11.1 Å². The maximum Gasteiger partial charge on any atom is 0.404 e. The quantitative estimate of drug-likeness (QED) is 0.0832. The van der Waals surface area contributed by atoms with Gasteiger partial charge in [0, 0.05) is 11.9 Å². The average Bonchev–Trinajstić information content (AvgIpc) is 3.04. The molecule has 0 radical (unpaired) electrons. The topological polar surface area (TPSA) is 243 Å². The molecule has 3 amide bonds. The zero-order valence-electron chi connectivity index (χ0n) is 14.5. The number of nitrogens with two attached hydrogens (primary N) is 3. The van der Waals surface area contributed by atoms with E-state index >= 15 is 0 Å². The molecule has 0 bridgehead atoms. The number of anilines is 1. The summed E-state index contributed by atoms with van der Waals surface area (Å²) in [5.41, 5.74) is 15.3. The lowest BCUT2D eigenvalue weighted by atomic mass is 9.99. The highest BCUT2D eigenvalue weighted by Crippen LogP contribution is 2.24. The van der Waals surface area contributed by atoms with Gasteiger partial charge >= 0.3 is 16.4 Å². The number of carbonyl (C=O) groups excluding carboxylic acids is 3. The number of amides is 3. The molecule has 17 heteroatoms. The summed E-state index contributed by atoms with van der Waals surface area (Å²) in [7, 11) is -4.96. The fourth-order valence-corrected chi connectivity index (χ4v) is 3.68. The first-order valence-corrected chi connectivity index (χ1v) is 9.99. The second kappa shape index (κ2) is 8.99. The van der Waals surface area contributed by atoms with Crippen molar-refractivity contribution < 1.29 is 36.9 Å². The minimum atomic E-state index is -4.96. The number of hydrogen-bond acceptors (Lipinski definition) is 12. The van der Waals surface area contributed by atoms with E-state index in [9.17, 15) is 22.8 Å². The second-order valence-corrected chi connectivity index (χ2v) is 7.57. The van der Waals surface area contributed by atoms with E-state index in [1.54, 1.807) is 0 Å². The summed E-state index contributed by atoms with van der Waals surface area (Å²) in [5.74, 6) is -2.14. The van der Waals surface area contributed by atoms with Crippen molar-refractivity contribution in [2.24, 2.45) is 16.6 Å². The molecule has 1 aromatic heterocycles. The molecule has 8 N–H and O–H groups in total. The number of hydrogen-bond donors (Lipinski definition) is 5. The molecule has 0 unspecified atom stereocenters. The molecule has 29 heavy (non-hydrogen) atoms. The van der Waals surface area contributed by atoms with Crippen LogP contribution in [0.15, 0.2) is 10.5 Å². The van der Waals surface area contributed by atoms with Crippen molar-refractivity contribution in [3.63, 3.8) is 0 Å². The first-order chi connectivity index (χ1) is 13.6. The third-order valence-electron chi connectivity index (χ3n) is 3.45. The predicted molar refractivity (Wildman–Crippen MR) is 97.7 cm³/mol. The van der Waals surface area contributed by atoms with Crippen LogP contribution in [-0.2, 0) is 29.5 Å². The van der Waals surface area contributed by atoms with Crippen molar-refractivity contribution in [2.75, 3.05) is 25.5 Å². The Kier molecular flexibility index (Phi) is 6.90. The van der Waals surface area contributed by atoms with E-state index in [4.69, 9.17) is 26.6 Å². The van der Waals surface area contributed by atoms with Crippen molar-refractivity contribution in [1.82, 2.24) is 14.6 Å². The van der Waals surface area contributed by atoms with Gasteiger partial charge in [-0.15, -0.1) is 11.3 Å². The van der Waals surface area contributed by atoms with Gasteiger partial charge in [-0.25, -0.2) is 14.1 Å². The number of oxime groups is 1. The van der Waals surface area contributed by atoms with Crippen LogP contribution in [0, 0.1) is 0 Å². The molecule has 15 nitrogen and oxygen atoms in total. The molecule has 1 aliphatic heterocycles. The van der Waals surface area contributed by atoms with Crippen molar-refractivity contribution >= 4 is 50.4 Å². The first-order valence-electron chi connectivity index (χ1n) is 7.71. The van der Waals surface area contributed by atoms with Gasteiger partial charge < -0.3 is 32.1 Å². The van der Waals surface area contributed by atoms with Crippen LogP contribution in [0.1, 0.15) is 5.69 Å². The van der Waals surface area contributed by atoms with Crippen LogP contribution in [-0.4, -0.2) is 77.7 Å². The monoisotopic (exact) mass is 451 g/mol. The number of nitrogen functional groups attached to an aromatic ring is 1. The molecule has 2 rings (SSSR count). The first kappa shape index (κ1) is 22.3. The molecule has 0 saturated carbocycles. The third kappa shape index (κ3) is 5.28. The normalized spacial score (nSPS) is 19.4. The molecule has 1 aromatic rings. The Morgan fingerprint density at radius 3 is 2.66 bits per heavy atom. The Balaban J connectivity index is 2.23. The third-order valence-corrected chi connectivity index (χ3v) is 5.07. The number of carbonyl (C=O) groups is 3. The van der Waals surface area contributed by atoms with E-state index in [0.29, 0.717) is 0 Å². The maximum absolute atomic E-state index is 12.6. The fraction of sp³-hybridized carbons (Fsp3) is 0.417. The number of nitrogens with one attached hydrogen (secondary N) is 1. The van der Waals surface area contributed by atoms with Gasteiger partial charge in [0.25, 0.3) is 11.8 Å². The van der Waals surface area contributed by atoms with E-state index in [1.807, 2.05) is 0 Å². The number of thiazole rings is 1. The van der Waals surface area contributed by atoms with Crippen LogP contribution in [0.25, 0.3) is 0 Å². The SMILES string of the molecule is NCCO/N=C(\C(=O)N[C@@H]1C(=O)N(S(=O)(=O)O)[C@@H]1COC(N)=O)c1csc(N)n1. The summed E-state index contributed by atoms with van der Waals surface area (Å²) < 4.78 is 36.4. The number of rotatable bonds is 9. The van der Waals surface area contributed by atoms with Crippen LogP contribution < -0.4 is 22.5 Å². The Morgan fingerprint density at radius 1 is 1.45 bits per heavy atom. The Labute approximate surface area is 167 Å². The van der Waals surface area contributed by atoms with Crippen LogP contribution in [0.4, 0.5) is 9.93 Å². The highest BCUT2D eigenvalue weighted by molar-refractivity contribution is 7.84. The number of nitrogens with zero attached hydrogens (tertiary/aromatic N) is 3. The lowest BCUT2D eigenvalue weighted by Gasteiger charge is -2.43. The van der Waals surface area contributed by atoms with Gasteiger partial charge in [-0.2, -0.15) is 8.42 Å². The summed E-state index contributed by atoms with van der Waals surface area (Å²) in [6, 6.07) is -2.90. The van der Waals surface area contributed by atoms with Gasteiger partial charge in [0.05, 0.1) is 0 Å². The largest absolute Gasteiger partial charge is 0.447 e. The Hall–Kier alpha value is -3.02.